The molecule has 2 heterocycles. The third kappa shape index (κ3) is 5.17. The summed E-state index contributed by atoms with van der Waals surface area (Å²) in [5, 5.41) is 4.73. The van der Waals surface area contributed by atoms with Crippen molar-refractivity contribution in [2.75, 3.05) is 13.7 Å². The molecule has 2 aromatic heterocycles. The maximum atomic E-state index is 11.4. The zero-order valence-corrected chi connectivity index (χ0v) is 17.8. The summed E-state index contributed by atoms with van der Waals surface area (Å²) in [6, 6.07) is 11.0. The minimum absolute atomic E-state index is 0.302. The van der Waals surface area contributed by atoms with E-state index >= 15 is 0 Å². The van der Waals surface area contributed by atoms with Crippen LogP contribution in [0.2, 0.25) is 0 Å². The van der Waals surface area contributed by atoms with Crippen LogP contribution in [0.3, 0.4) is 0 Å². The predicted molar refractivity (Wildman–Crippen MR) is 114 cm³/mol. The van der Waals surface area contributed by atoms with Gasteiger partial charge in [-0.25, -0.2) is 9.67 Å². The average molecular weight is 409 g/mol. The van der Waals surface area contributed by atoms with Crippen LogP contribution in [-0.2, 0) is 11.2 Å². The van der Waals surface area contributed by atoms with Crippen molar-refractivity contribution in [1.29, 1.82) is 0 Å². The first-order chi connectivity index (χ1) is 14.5. The molecular formula is C23H27N3O4. The summed E-state index contributed by atoms with van der Waals surface area (Å²) in [5.41, 5.74) is 2.22. The number of carbonyl (C=O) groups excluding carboxylic acids is 1. The summed E-state index contributed by atoms with van der Waals surface area (Å²) < 4.78 is 18.3. The molecule has 0 amide bonds. The van der Waals surface area contributed by atoms with Gasteiger partial charge in [-0.05, 0) is 48.6 Å². The van der Waals surface area contributed by atoms with Crippen LogP contribution in [0, 0.1) is 0 Å². The Morgan fingerprint density at radius 3 is 2.60 bits per heavy atom. The van der Waals surface area contributed by atoms with E-state index < -0.39 is 5.97 Å². The number of nitrogens with zero attached hydrogens (tertiary/aromatic N) is 3. The molecule has 0 saturated carbocycles. The lowest BCUT2D eigenvalue weighted by Crippen LogP contribution is -2.07. The van der Waals surface area contributed by atoms with Gasteiger partial charge in [-0.15, -0.1) is 0 Å². The van der Waals surface area contributed by atoms with Gasteiger partial charge in [0.05, 0.1) is 19.4 Å². The summed E-state index contributed by atoms with van der Waals surface area (Å²) >= 11 is 0. The largest absolute Gasteiger partial charge is 0.493 e. The molecule has 0 aliphatic heterocycles. The molecule has 158 valence electrons. The first-order valence-electron chi connectivity index (χ1n) is 9.97. The van der Waals surface area contributed by atoms with E-state index in [2.05, 4.69) is 18.8 Å². The van der Waals surface area contributed by atoms with Gasteiger partial charge in [0.25, 0.3) is 0 Å². The van der Waals surface area contributed by atoms with E-state index in [0.29, 0.717) is 29.8 Å². The van der Waals surface area contributed by atoms with Gasteiger partial charge in [0.2, 0.25) is 5.75 Å². The van der Waals surface area contributed by atoms with Crippen LogP contribution >= 0.6 is 0 Å². The second-order valence-corrected chi connectivity index (χ2v) is 7.16. The highest BCUT2D eigenvalue weighted by atomic mass is 16.6. The number of esters is 1. The Bertz CT molecular complexity index is 983. The van der Waals surface area contributed by atoms with Gasteiger partial charge in [-0.3, -0.25) is 4.79 Å². The second kappa shape index (κ2) is 9.91. The quantitative estimate of drug-likeness (QED) is 0.297. The first-order valence-corrected chi connectivity index (χ1v) is 9.97. The fourth-order valence-electron chi connectivity index (χ4n) is 3.18. The van der Waals surface area contributed by atoms with E-state index in [-0.39, 0.29) is 0 Å². The van der Waals surface area contributed by atoms with Crippen molar-refractivity contribution >= 4 is 5.97 Å². The molecule has 0 atom stereocenters. The molecular weight excluding hydrogens is 382 g/mol. The Kier molecular flexibility index (Phi) is 7.06. The maximum Gasteiger partial charge on any atom is 0.308 e. The number of aryl methyl sites for hydroxylation is 1. The highest BCUT2D eigenvalue weighted by Crippen LogP contribution is 2.37. The fraction of sp³-hybridized carbons (Fsp3) is 0.348. The molecule has 0 N–H and O–H groups in total. The van der Waals surface area contributed by atoms with Crippen LogP contribution in [0.4, 0.5) is 0 Å². The molecule has 3 rings (SSSR count). The normalized spacial score (nSPS) is 10.8. The Morgan fingerprint density at radius 2 is 1.93 bits per heavy atom. The van der Waals surface area contributed by atoms with Crippen LogP contribution in [0.1, 0.15) is 44.4 Å². The van der Waals surface area contributed by atoms with E-state index in [1.54, 1.807) is 31.5 Å². The zero-order chi connectivity index (χ0) is 21.5. The van der Waals surface area contributed by atoms with Crippen molar-refractivity contribution in [3.63, 3.8) is 0 Å². The SMILES string of the molecule is COc1cccc(OC(C)=O)c1OCCCc1cn(-c2ccccn2)nc1C(C)C. The van der Waals surface area contributed by atoms with Crippen LogP contribution in [0.25, 0.3) is 5.82 Å². The van der Waals surface area contributed by atoms with E-state index in [1.165, 1.54) is 12.5 Å². The lowest BCUT2D eigenvalue weighted by atomic mass is 10.0. The number of ether oxygens (including phenoxy) is 3. The van der Waals surface area contributed by atoms with Gasteiger partial charge < -0.3 is 14.2 Å². The van der Waals surface area contributed by atoms with Crippen molar-refractivity contribution in [3.8, 4) is 23.1 Å². The molecule has 0 aliphatic carbocycles. The third-order valence-electron chi connectivity index (χ3n) is 4.51. The molecule has 3 aromatic rings. The molecule has 0 spiro atoms. The highest BCUT2D eigenvalue weighted by molar-refractivity contribution is 5.71. The number of pyridine rings is 1. The number of para-hydroxylation sites is 1. The van der Waals surface area contributed by atoms with Crippen LogP contribution in [-0.4, -0.2) is 34.5 Å². The molecule has 0 unspecified atom stereocenters. The maximum absolute atomic E-state index is 11.4. The van der Waals surface area contributed by atoms with E-state index in [0.717, 1.165) is 24.4 Å². The second-order valence-electron chi connectivity index (χ2n) is 7.16. The lowest BCUT2D eigenvalue weighted by molar-refractivity contribution is -0.132. The smallest absolute Gasteiger partial charge is 0.308 e. The van der Waals surface area contributed by atoms with Gasteiger partial charge in [0, 0.05) is 19.3 Å². The molecule has 7 heteroatoms. The Hall–Kier alpha value is -3.35. The molecule has 0 radical (unpaired) electrons. The monoisotopic (exact) mass is 409 g/mol. The molecule has 0 bridgehead atoms. The van der Waals surface area contributed by atoms with Crippen LogP contribution < -0.4 is 14.2 Å². The average Bonchev–Trinajstić information content (AvgIpc) is 3.16. The van der Waals surface area contributed by atoms with Gasteiger partial charge in [0.1, 0.15) is 0 Å². The van der Waals surface area contributed by atoms with Crippen LogP contribution in [0.5, 0.6) is 17.2 Å². The Morgan fingerprint density at radius 1 is 1.13 bits per heavy atom. The summed E-state index contributed by atoms with van der Waals surface area (Å²) in [7, 11) is 1.56. The van der Waals surface area contributed by atoms with Gasteiger partial charge in [-0.1, -0.05) is 26.0 Å². The molecule has 7 nitrogen and oxygen atoms in total. The number of hydrogen-bond acceptors (Lipinski definition) is 6. The first kappa shape index (κ1) is 21.4. The topological polar surface area (TPSA) is 75.5 Å². The van der Waals surface area contributed by atoms with E-state index in [1.807, 2.05) is 29.1 Å². The summed E-state index contributed by atoms with van der Waals surface area (Å²) in [6.07, 6.45) is 5.36. The third-order valence-corrected chi connectivity index (χ3v) is 4.51. The molecule has 1 aromatic carbocycles. The highest BCUT2D eigenvalue weighted by Gasteiger charge is 2.16. The van der Waals surface area contributed by atoms with E-state index in [4.69, 9.17) is 19.3 Å². The number of carbonyl (C=O) groups is 1. The van der Waals surface area contributed by atoms with Gasteiger partial charge in [-0.2, -0.15) is 5.10 Å². The van der Waals surface area contributed by atoms with Gasteiger partial charge >= 0.3 is 5.97 Å². The van der Waals surface area contributed by atoms with Crippen molar-refractivity contribution in [3.05, 3.63) is 60.0 Å². The summed E-state index contributed by atoms with van der Waals surface area (Å²) in [5.74, 6) is 2.00. The number of rotatable bonds is 9. The van der Waals surface area contributed by atoms with Crippen molar-refractivity contribution < 1.29 is 19.0 Å². The zero-order valence-electron chi connectivity index (χ0n) is 17.8. The number of benzene rings is 1. The Balaban J connectivity index is 1.69. The molecule has 0 saturated heterocycles. The van der Waals surface area contributed by atoms with Crippen molar-refractivity contribution in [2.45, 2.75) is 39.5 Å². The number of hydrogen-bond donors (Lipinski definition) is 0. The molecule has 0 fully saturated rings. The van der Waals surface area contributed by atoms with E-state index in [9.17, 15) is 4.79 Å². The lowest BCUT2D eigenvalue weighted by Gasteiger charge is -2.14. The minimum atomic E-state index is -0.406. The van der Waals surface area contributed by atoms with Gasteiger partial charge in [0.15, 0.2) is 17.3 Å². The molecule has 0 aliphatic rings. The standard InChI is InChI=1S/C23H27N3O4/c1-16(2)22-18(15-26(25-22)21-12-5-6-13-24-21)9-8-14-29-23-19(28-4)10-7-11-20(23)30-17(3)27/h5-7,10-13,15-16H,8-9,14H2,1-4H3. The summed E-state index contributed by atoms with van der Waals surface area (Å²) in [4.78, 5) is 15.7. The molecule has 30 heavy (non-hydrogen) atoms. The fourth-order valence-corrected chi connectivity index (χ4v) is 3.18. The van der Waals surface area contributed by atoms with Crippen molar-refractivity contribution in [2.24, 2.45) is 0 Å². The number of aromatic nitrogens is 3. The van der Waals surface area contributed by atoms with Crippen molar-refractivity contribution in [1.82, 2.24) is 14.8 Å². The minimum Gasteiger partial charge on any atom is -0.493 e. The predicted octanol–water partition coefficient (Wildman–Crippen LogP) is 4.34. The summed E-state index contributed by atoms with van der Waals surface area (Å²) in [6.45, 7) is 6.06. The van der Waals surface area contributed by atoms with Crippen LogP contribution in [0.15, 0.2) is 48.8 Å². The Labute approximate surface area is 176 Å². The number of methoxy groups -OCH3 is 1.